The zero-order chi connectivity index (χ0) is 14.5. The molecule has 5 heteroatoms. The van der Waals surface area contributed by atoms with E-state index >= 15 is 0 Å². The minimum atomic E-state index is -0.384. The predicted octanol–water partition coefficient (Wildman–Crippen LogP) is 1.66. The molecule has 1 N–H and O–H groups in total. The SMILES string of the molecule is CN(Cc1cc(C#N)ccc1F)C(=O)C1CCCNC1. The lowest BCUT2D eigenvalue weighted by Crippen LogP contribution is -2.41. The molecule has 1 amide bonds. The van der Waals surface area contributed by atoms with Crippen molar-refractivity contribution in [2.75, 3.05) is 20.1 Å². The Bertz CT molecular complexity index is 532. The van der Waals surface area contributed by atoms with E-state index in [1.54, 1.807) is 7.05 Å². The van der Waals surface area contributed by atoms with Crippen LogP contribution in [0.1, 0.15) is 24.0 Å². The Morgan fingerprint density at radius 2 is 2.40 bits per heavy atom. The van der Waals surface area contributed by atoms with E-state index in [9.17, 15) is 9.18 Å². The average Bonchev–Trinajstić information content (AvgIpc) is 2.49. The van der Waals surface area contributed by atoms with Crippen LogP contribution in [0.2, 0.25) is 0 Å². The summed E-state index contributed by atoms with van der Waals surface area (Å²) in [6.45, 7) is 1.83. The van der Waals surface area contributed by atoms with E-state index in [4.69, 9.17) is 5.26 Å². The minimum absolute atomic E-state index is 0.0268. The van der Waals surface area contributed by atoms with E-state index in [0.29, 0.717) is 17.7 Å². The van der Waals surface area contributed by atoms with Gasteiger partial charge < -0.3 is 10.2 Å². The summed E-state index contributed by atoms with van der Waals surface area (Å²) >= 11 is 0. The molecule has 0 aromatic heterocycles. The molecule has 1 aromatic carbocycles. The van der Waals surface area contributed by atoms with Crippen LogP contribution < -0.4 is 5.32 Å². The first kappa shape index (κ1) is 14.5. The zero-order valence-electron chi connectivity index (χ0n) is 11.5. The number of rotatable bonds is 3. The first-order valence-corrected chi connectivity index (χ1v) is 6.76. The molecule has 1 fully saturated rings. The fourth-order valence-electron chi connectivity index (χ4n) is 2.47. The number of nitrogens with zero attached hydrogens (tertiary/aromatic N) is 2. The Labute approximate surface area is 118 Å². The van der Waals surface area contributed by atoms with Gasteiger partial charge in [-0.15, -0.1) is 0 Å². The molecule has 0 radical (unpaired) electrons. The third-order valence-electron chi connectivity index (χ3n) is 3.60. The van der Waals surface area contributed by atoms with Gasteiger partial charge in [-0.2, -0.15) is 5.26 Å². The smallest absolute Gasteiger partial charge is 0.227 e. The lowest BCUT2D eigenvalue weighted by atomic mass is 9.98. The fraction of sp³-hybridized carbons (Fsp3) is 0.467. The topological polar surface area (TPSA) is 56.1 Å². The van der Waals surface area contributed by atoms with Crippen LogP contribution in [0.5, 0.6) is 0 Å². The van der Waals surface area contributed by atoms with Crippen LogP contribution in [0.15, 0.2) is 18.2 Å². The standard InChI is InChI=1S/C15H18FN3O/c1-19(15(20)12-3-2-6-18-9-12)10-13-7-11(8-17)4-5-14(13)16/h4-5,7,12,18H,2-3,6,9-10H2,1H3. The van der Waals surface area contributed by atoms with Crippen molar-refractivity contribution in [1.29, 1.82) is 5.26 Å². The highest BCUT2D eigenvalue weighted by Gasteiger charge is 2.24. The lowest BCUT2D eigenvalue weighted by molar-refractivity contribution is -0.135. The van der Waals surface area contributed by atoms with Crippen molar-refractivity contribution in [1.82, 2.24) is 10.2 Å². The summed E-state index contributed by atoms with van der Waals surface area (Å²) in [5.74, 6) is -0.389. The van der Waals surface area contributed by atoms with Crippen LogP contribution in [0.3, 0.4) is 0 Å². The molecule has 0 bridgehead atoms. The summed E-state index contributed by atoms with van der Waals surface area (Å²) in [5.41, 5.74) is 0.783. The summed E-state index contributed by atoms with van der Waals surface area (Å²) in [5, 5.41) is 12.0. The zero-order valence-corrected chi connectivity index (χ0v) is 11.5. The molecule has 1 atom stereocenters. The third kappa shape index (κ3) is 3.34. The van der Waals surface area contributed by atoms with Gasteiger partial charge in [0, 0.05) is 25.7 Å². The Hall–Kier alpha value is -1.93. The van der Waals surface area contributed by atoms with Gasteiger partial charge in [0.15, 0.2) is 0 Å². The van der Waals surface area contributed by atoms with Gasteiger partial charge in [-0.3, -0.25) is 4.79 Å². The van der Waals surface area contributed by atoms with Crippen molar-refractivity contribution in [3.63, 3.8) is 0 Å². The molecular weight excluding hydrogens is 257 g/mol. The summed E-state index contributed by atoms with van der Waals surface area (Å²) in [6.07, 6.45) is 1.86. The molecule has 20 heavy (non-hydrogen) atoms. The van der Waals surface area contributed by atoms with Gasteiger partial charge in [-0.05, 0) is 37.6 Å². The summed E-state index contributed by atoms with van der Waals surface area (Å²) in [6, 6.07) is 6.19. The normalized spacial score (nSPS) is 18.4. The second-order valence-corrected chi connectivity index (χ2v) is 5.16. The predicted molar refractivity (Wildman–Crippen MR) is 73.2 cm³/mol. The number of benzene rings is 1. The van der Waals surface area contributed by atoms with Gasteiger partial charge in [0.05, 0.1) is 17.6 Å². The third-order valence-corrected chi connectivity index (χ3v) is 3.60. The number of nitriles is 1. The Morgan fingerprint density at radius 3 is 3.05 bits per heavy atom. The number of carbonyl (C=O) groups excluding carboxylic acids is 1. The number of hydrogen-bond acceptors (Lipinski definition) is 3. The molecular formula is C15H18FN3O. The molecule has 1 heterocycles. The van der Waals surface area contributed by atoms with Crippen LogP contribution in [0.25, 0.3) is 0 Å². The largest absolute Gasteiger partial charge is 0.341 e. The highest BCUT2D eigenvalue weighted by atomic mass is 19.1. The van der Waals surface area contributed by atoms with E-state index in [-0.39, 0.29) is 24.2 Å². The maximum Gasteiger partial charge on any atom is 0.227 e. The van der Waals surface area contributed by atoms with Crippen molar-refractivity contribution in [2.45, 2.75) is 19.4 Å². The average molecular weight is 275 g/mol. The van der Waals surface area contributed by atoms with Crippen molar-refractivity contribution in [3.8, 4) is 6.07 Å². The maximum absolute atomic E-state index is 13.7. The van der Waals surface area contributed by atoms with Crippen LogP contribution >= 0.6 is 0 Å². The quantitative estimate of drug-likeness (QED) is 0.912. The summed E-state index contributed by atoms with van der Waals surface area (Å²) in [4.78, 5) is 13.8. The Kier molecular flexibility index (Phi) is 4.70. The van der Waals surface area contributed by atoms with Crippen molar-refractivity contribution < 1.29 is 9.18 Å². The molecule has 0 aliphatic carbocycles. The highest BCUT2D eigenvalue weighted by Crippen LogP contribution is 2.16. The van der Waals surface area contributed by atoms with Crippen LogP contribution in [-0.4, -0.2) is 30.9 Å². The molecule has 0 saturated carbocycles. The van der Waals surface area contributed by atoms with E-state index in [0.717, 1.165) is 19.4 Å². The van der Waals surface area contributed by atoms with Crippen LogP contribution in [0.4, 0.5) is 4.39 Å². The number of hydrogen-bond donors (Lipinski definition) is 1. The molecule has 1 aliphatic rings. The van der Waals surface area contributed by atoms with Gasteiger partial charge in [0.2, 0.25) is 5.91 Å². The van der Waals surface area contributed by atoms with Gasteiger partial charge in [0.1, 0.15) is 5.82 Å². The molecule has 1 saturated heterocycles. The number of piperidine rings is 1. The van der Waals surface area contributed by atoms with E-state index in [2.05, 4.69) is 5.32 Å². The van der Waals surface area contributed by atoms with Gasteiger partial charge in [-0.25, -0.2) is 4.39 Å². The molecule has 1 aromatic rings. The lowest BCUT2D eigenvalue weighted by Gasteiger charge is -2.27. The summed E-state index contributed by atoms with van der Waals surface area (Å²) < 4.78 is 13.7. The molecule has 1 aliphatic heterocycles. The first-order chi connectivity index (χ1) is 9.61. The Morgan fingerprint density at radius 1 is 1.60 bits per heavy atom. The second-order valence-electron chi connectivity index (χ2n) is 5.16. The van der Waals surface area contributed by atoms with Crippen molar-refractivity contribution in [3.05, 3.63) is 35.1 Å². The molecule has 1 unspecified atom stereocenters. The molecule has 106 valence electrons. The maximum atomic E-state index is 13.7. The molecule has 2 rings (SSSR count). The number of nitrogens with one attached hydrogen (secondary N) is 1. The first-order valence-electron chi connectivity index (χ1n) is 6.76. The molecule has 4 nitrogen and oxygen atoms in total. The number of carbonyl (C=O) groups is 1. The minimum Gasteiger partial charge on any atom is -0.341 e. The second kappa shape index (κ2) is 6.49. The van der Waals surface area contributed by atoms with Crippen LogP contribution in [0, 0.1) is 23.1 Å². The van der Waals surface area contributed by atoms with E-state index < -0.39 is 0 Å². The van der Waals surface area contributed by atoms with E-state index in [1.165, 1.54) is 23.1 Å². The fourth-order valence-corrected chi connectivity index (χ4v) is 2.47. The van der Waals surface area contributed by atoms with Gasteiger partial charge in [0.25, 0.3) is 0 Å². The monoisotopic (exact) mass is 275 g/mol. The van der Waals surface area contributed by atoms with Crippen molar-refractivity contribution >= 4 is 5.91 Å². The van der Waals surface area contributed by atoms with Crippen molar-refractivity contribution in [2.24, 2.45) is 5.92 Å². The molecule has 0 spiro atoms. The van der Waals surface area contributed by atoms with Gasteiger partial charge >= 0.3 is 0 Å². The van der Waals surface area contributed by atoms with Crippen LogP contribution in [-0.2, 0) is 11.3 Å². The Balaban J connectivity index is 2.05. The number of halogens is 1. The van der Waals surface area contributed by atoms with E-state index in [1.807, 2.05) is 6.07 Å². The van der Waals surface area contributed by atoms with Gasteiger partial charge in [-0.1, -0.05) is 0 Å². The summed E-state index contributed by atoms with van der Waals surface area (Å²) in [7, 11) is 1.68. The highest BCUT2D eigenvalue weighted by molar-refractivity contribution is 5.79. The number of amides is 1.